The fourth-order valence-corrected chi connectivity index (χ4v) is 2.59. The van der Waals surface area contributed by atoms with Crippen LogP contribution in [0.3, 0.4) is 0 Å². The van der Waals surface area contributed by atoms with Gasteiger partial charge in [-0.2, -0.15) is 0 Å². The molecular formula is C21H28N2O2. The van der Waals surface area contributed by atoms with Gasteiger partial charge >= 0.3 is 6.09 Å². The monoisotopic (exact) mass is 340 g/mol. The maximum Gasteiger partial charge on any atom is 0.410 e. The molecule has 0 radical (unpaired) electrons. The molecule has 0 spiro atoms. The van der Waals surface area contributed by atoms with Crippen LogP contribution in [0.1, 0.15) is 38.3 Å². The zero-order valence-corrected chi connectivity index (χ0v) is 15.4. The third kappa shape index (κ3) is 6.87. The van der Waals surface area contributed by atoms with Crippen LogP contribution >= 0.6 is 0 Å². The lowest BCUT2D eigenvalue weighted by atomic mass is 10.1. The molecule has 2 rings (SSSR count). The van der Waals surface area contributed by atoms with E-state index in [0.717, 1.165) is 18.4 Å². The van der Waals surface area contributed by atoms with E-state index in [1.165, 1.54) is 5.56 Å². The molecule has 0 saturated heterocycles. The maximum atomic E-state index is 12.6. The minimum Gasteiger partial charge on any atom is -0.444 e. The first-order valence-corrected chi connectivity index (χ1v) is 8.70. The van der Waals surface area contributed by atoms with E-state index in [-0.39, 0.29) is 6.09 Å². The highest BCUT2D eigenvalue weighted by Gasteiger charge is 2.22. The molecule has 134 valence electrons. The van der Waals surface area contributed by atoms with Gasteiger partial charge in [-0.05, 0) is 56.9 Å². The van der Waals surface area contributed by atoms with Gasteiger partial charge in [0.15, 0.2) is 0 Å². The minimum absolute atomic E-state index is 0.289. The summed E-state index contributed by atoms with van der Waals surface area (Å²) < 4.78 is 5.56. The van der Waals surface area contributed by atoms with E-state index in [2.05, 4.69) is 12.1 Å². The summed E-state index contributed by atoms with van der Waals surface area (Å²) in [5, 5.41) is 0. The average molecular weight is 340 g/mol. The number of rotatable bonds is 6. The summed E-state index contributed by atoms with van der Waals surface area (Å²) in [5.74, 6) is 0. The topological polar surface area (TPSA) is 55.6 Å². The molecule has 4 heteroatoms. The van der Waals surface area contributed by atoms with Crippen LogP contribution < -0.4 is 5.73 Å². The zero-order chi connectivity index (χ0) is 18.3. The normalized spacial score (nSPS) is 11.2. The highest BCUT2D eigenvalue weighted by atomic mass is 16.6. The third-order valence-corrected chi connectivity index (χ3v) is 3.71. The molecule has 0 aliphatic rings. The van der Waals surface area contributed by atoms with Crippen molar-refractivity contribution in [1.29, 1.82) is 0 Å². The van der Waals surface area contributed by atoms with Gasteiger partial charge in [-0.1, -0.05) is 42.5 Å². The van der Waals surface area contributed by atoms with Crippen molar-refractivity contribution in [3.05, 3.63) is 65.7 Å². The number of nitrogen functional groups attached to an aromatic ring is 1. The quantitative estimate of drug-likeness (QED) is 0.780. The summed E-state index contributed by atoms with van der Waals surface area (Å²) in [6, 6.07) is 17.9. The van der Waals surface area contributed by atoms with E-state index in [0.29, 0.717) is 18.8 Å². The molecule has 0 unspecified atom stereocenters. The Morgan fingerprint density at radius 1 is 1.04 bits per heavy atom. The molecule has 0 atom stereocenters. The highest BCUT2D eigenvalue weighted by molar-refractivity contribution is 5.68. The van der Waals surface area contributed by atoms with Crippen molar-refractivity contribution < 1.29 is 9.53 Å². The number of hydrogen-bond donors (Lipinski definition) is 1. The molecule has 4 nitrogen and oxygen atoms in total. The van der Waals surface area contributed by atoms with Crippen molar-refractivity contribution in [2.24, 2.45) is 0 Å². The second-order valence-electron chi connectivity index (χ2n) is 7.24. The Morgan fingerprint density at radius 3 is 2.36 bits per heavy atom. The van der Waals surface area contributed by atoms with Gasteiger partial charge in [-0.3, -0.25) is 0 Å². The number of benzene rings is 2. The number of anilines is 1. The smallest absolute Gasteiger partial charge is 0.410 e. The number of nitrogens with zero attached hydrogens (tertiary/aromatic N) is 1. The van der Waals surface area contributed by atoms with Crippen LogP contribution in [0.25, 0.3) is 0 Å². The molecule has 1 amide bonds. The first kappa shape index (κ1) is 18.8. The number of nitrogens with two attached hydrogens (primary N) is 1. The molecular weight excluding hydrogens is 312 g/mol. The summed E-state index contributed by atoms with van der Waals surface area (Å²) in [5.41, 5.74) is 8.32. The second-order valence-corrected chi connectivity index (χ2v) is 7.24. The van der Waals surface area contributed by atoms with Gasteiger partial charge in [0.1, 0.15) is 5.60 Å². The molecule has 0 heterocycles. The molecule has 25 heavy (non-hydrogen) atoms. The van der Waals surface area contributed by atoms with Gasteiger partial charge in [0.25, 0.3) is 0 Å². The van der Waals surface area contributed by atoms with Gasteiger partial charge in [-0.15, -0.1) is 0 Å². The fraction of sp³-hybridized carbons (Fsp3) is 0.381. The molecule has 0 aliphatic carbocycles. The summed E-state index contributed by atoms with van der Waals surface area (Å²) in [4.78, 5) is 14.3. The molecule has 0 saturated carbocycles. The van der Waals surface area contributed by atoms with E-state index in [1.807, 2.05) is 63.2 Å². The number of carbonyl (C=O) groups is 1. The number of hydrogen-bond acceptors (Lipinski definition) is 3. The standard InChI is InChI=1S/C21H28N2O2/c1-21(2,3)25-20(24)23(16-18-11-7-13-19(22)15-18)14-8-12-17-9-5-4-6-10-17/h4-7,9-11,13,15H,8,12,14,16,22H2,1-3H3. The molecule has 0 aliphatic heterocycles. The first-order chi connectivity index (χ1) is 11.8. The summed E-state index contributed by atoms with van der Waals surface area (Å²) in [7, 11) is 0. The Labute approximate surface area is 150 Å². The number of ether oxygens (including phenoxy) is 1. The maximum absolute atomic E-state index is 12.6. The van der Waals surface area contributed by atoms with E-state index in [4.69, 9.17) is 10.5 Å². The van der Waals surface area contributed by atoms with Gasteiger partial charge < -0.3 is 15.4 Å². The lowest BCUT2D eigenvalue weighted by Crippen LogP contribution is -2.37. The fourth-order valence-electron chi connectivity index (χ4n) is 2.59. The molecule has 0 aromatic heterocycles. The zero-order valence-electron chi connectivity index (χ0n) is 15.4. The number of carbonyl (C=O) groups excluding carboxylic acids is 1. The summed E-state index contributed by atoms with van der Waals surface area (Å²) in [6.07, 6.45) is 1.52. The highest BCUT2D eigenvalue weighted by Crippen LogP contribution is 2.15. The van der Waals surface area contributed by atoms with Crippen molar-refractivity contribution in [2.75, 3.05) is 12.3 Å². The van der Waals surface area contributed by atoms with Gasteiger partial charge in [0.2, 0.25) is 0 Å². The van der Waals surface area contributed by atoms with Crippen LogP contribution in [-0.2, 0) is 17.7 Å². The Morgan fingerprint density at radius 2 is 1.72 bits per heavy atom. The van der Waals surface area contributed by atoms with E-state index in [1.54, 1.807) is 4.90 Å². The lowest BCUT2D eigenvalue weighted by Gasteiger charge is -2.27. The molecule has 0 bridgehead atoms. The molecule has 2 N–H and O–H groups in total. The minimum atomic E-state index is -0.509. The summed E-state index contributed by atoms with van der Waals surface area (Å²) >= 11 is 0. The Bertz CT molecular complexity index is 678. The van der Waals surface area contributed by atoms with Crippen molar-refractivity contribution in [2.45, 2.75) is 45.8 Å². The van der Waals surface area contributed by atoms with E-state index >= 15 is 0 Å². The Balaban J connectivity index is 2.01. The van der Waals surface area contributed by atoms with Crippen molar-refractivity contribution in [3.63, 3.8) is 0 Å². The predicted molar refractivity (Wildman–Crippen MR) is 102 cm³/mol. The number of amides is 1. The molecule has 2 aromatic rings. The second kappa shape index (κ2) is 8.56. The van der Waals surface area contributed by atoms with Crippen LogP contribution in [0.15, 0.2) is 54.6 Å². The van der Waals surface area contributed by atoms with Gasteiger partial charge in [0, 0.05) is 18.8 Å². The van der Waals surface area contributed by atoms with Crippen LogP contribution in [0.5, 0.6) is 0 Å². The number of aryl methyl sites for hydroxylation is 1. The third-order valence-electron chi connectivity index (χ3n) is 3.71. The lowest BCUT2D eigenvalue weighted by molar-refractivity contribution is 0.0231. The van der Waals surface area contributed by atoms with Crippen molar-refractivity contribution >= 4 is 11.8 Å². The summed E-state index contributed by atoms with van der Waals surface area (Å²) in [6.45, 7) is 6.78. The Kier molecular flexibility index (Phi) is 6.45. The van der Waals surface area contributed by atoms with Crippen LogP contribution in [0.2, 0.25) is 0 Å². The van der Waals surface area contributed by atoms with Crippen LogP contribution in [0, 0.1) is 0 Å². The molecule has 2 aromatic carbocycles. The Hall–Kier alpha value is -2.49. The van der Waals surface area contributed by atoms with E-state index < -0.39 is 5.60 Å². The van der Waals surface area contributed by atoms with Crippen molar-refractivity contribution in [3.8, 4) is 0 Å². The van der Waals surface area contributed by atoms with Gasteiger partial charge in [0.05, 0.1) is 0 Å². The van der Waals surface area contributed by atoms with Crippen LogP contribution in [-0.4, -0.2) is 23.1 Å². The van der Waals surface area contributed by atoms with Crippen molar-refractivity contribution in [1.82, 2.24) is 4.90 Å². The molecule has 0 fully saturated rings. The predicted octanol–water partition coefficient (Wildman–Crippen LogP) is 4.64. The van der Waals surface area contributed by atoms with Gasteiger partial charge in [-0.25, -0.2) is 4.79 Å². The van der Waals surface area contributed by atoms with Crippen LogP contribution in [0.4, 0.5) is 10.5 Å². The van der Waals surface area contributed by atoms with E-state index in [9.17, 15) is 4.79 Å². The largest absolute Gasteiger partial charge is 0.444 e. The average Bonchev–Trinajstić information content (AvgIpc) is 2.53. The first-order valence-electron chi connectivity index (χ1n) is 8.70. The SMILES string of the molecule is CC(C)(C)OC(=O)N(CCCc1ccccc1)Cc1cccc(N)c1.